The number of amides is 1. The first kappa shape index (κ1) is 25.4. The van der Waals surface area contributed by atoms with Gasteiger partial charge in [-0.25, -0.2) is 17.2 Å². The van der Waals surface area contributed by atoms with Gasteiger partial charge in [-0.3, -0.25) is 4.79 Å². The van der Waals surface area contributed by atoms with Crippen LogP contribution in [0.2, 0.25) is 0 Å². The number of piperazine rings is 1. The Bertz CT molecular complexity index is 1460. The van der Waals surface area contributed by atoms with Crippen LogP contribution in [0, 0.1) is 11.6 Å². The lowest BCUT2D eigenvalue weighted by atomic mass is 10.1. The van der Waals surface area contributed by atoms with Crippen molar-refractivity contribution in [1.29, 1.82) is 0 Å². The second kappa shape index (κ2) is 10.3. The van der Waals surface area contributed by atoms with E-state index in [1.165, 1.54) is 30.0 Å². The molecule has 0 aliphatic carbocycles. The van der Waals surface area contributed by atoms with Gasteiger partial charge in [0.2, 0.25) is 0 Å². The van der Waals surface area contributed by atoms with Crippen molar-refractivity contribution in [2.45, 2.75) is 15.5 Å². The number of fused-ring (bicyclic) bond motifs is 1. The van der Waals surface area contributed by atoms with Crippen LogP contribution in [-0.2, 0) is 20.4 Å². The first-order valence-corrected chi connectivity index (χ1v) is 14.2. The zero-order chi connectivity index (χ0) is 26.2. The largest absolute Gasteiger partial charge is 0.369 e. The molecule has 1 N–H and O–H groups in total. The summed E-state index contributed by atoms with van der Waals surface area (Å²) in [5.74, 6) is -3.01. The average Bonchev–Trinajstić information content (AvgIpc) is 2.87. The van der Waals surface area contributed by atoms with E-state index < -0.39 is 32.8 Å². The van der Waals surface area contributed by atoms with Crippen molar-refractivity contribution < 1.29 is 22.0 Å². The van der Waals surface area contributed by atoms with Crippen molar-refractivity contribution >= 4 is 45.0 Å². The van der Waals surface area contributed by atoms with Gasteiger partial charge in [0, 0.05) is 42.3 Å². The standard InChI is InChI=1S/C27H25F2N3O3S2/c1-31-11-13-32(14-12-31)19-7-5-18(6-8-19)15-26-27(33)30-24-16-20(9-10-25(24)36-26)37(34,35)17-21-22(28)3-2-4-23(21)29/h2-10,15-16H,11-14,17H2,1H3,(H,30,33). The SMILES string of the molecule is CN1CCN(c2ccc(C=C3Sc4ccc(S(=O)(=O)Cc5c(F)cccc5F)cc4NC3=O)cc2)CC1. The van der Waals surface area contributed by atoms with Crippen molar-refractivity contribution in [3.8, 4) is 0 Å². The maximum atomic E-state index is 14.0. The Labute approximate surface area is 218 Å². The monoisotopic (exact) mass is 541 g/mol. The third-order valence-corrected chi connectivity index (χ3v) is 9.20. The smallest absolute Gasteiger partial charge is 0.262 e. The molecule has 0 aromatic heterocycles. The summed E-state index contributed by atoms with van der Waals surface area (Å²) in [5.41, 5.74) is 1.85. The van der Waals surface area contributed by atoms with Crippen LogP contribution in [0.3, 0.4) is 0 Å². The molecular formula is C27H25F2N3O3S2. The summed E-state index contributed by atoms with van der Waals surface area (Å²) in [4.78, 5) is 18.4. The van der Waals surface area contributed by atoms with Crippen molar-refractivity contribution in [2.75, 3.05) is 43.4 Å². The number of halogens is 2. The van der Waals surface area contributed by atoms with Gasteiger partial charge in [-0.15, -0.1) is 0 Å². The zero-order valence-electron chi connectivity index (χ0n) is 20.1. The van der Waals surface area contributed by atoms with E-state index in [0.717, 1.165) is 49.6 Å². The van der Waals surface area contributed by atoms with Crippen molar-refractivity contribution in [3.63, 3.8) is 0 Å². The van der Waals surface area contributed by atoms with Crippen LogP contribution >= 0.6 is 11.8 Å². The maximum Gasteiger partial charge on any atom is 0.262 e. The molecule has 10 heteroatoms. The predicted octanol–water partition coefficient (Wildman–Crippen LogP) is 4.78. The summed E-state index contributed by atoms with van der Waals surface area (Å²) in [6, 6.07) is 15.6. The van der Waals surface area contributed by atoms with Gasteiger partial charge in [-0.1, -0.05) is 30.0 Å². The summed E-state index contributed by atoms with van der Waals surface area (Å²) in [6.45, 7) is 3.98. The van der Waals surface area contributed by atoms with Crippen LogP contribution in [0.4, 0.5) is 20.2 Å². The second-order valence-electron chi connectivity index (χ2n) is 9.06. The fraction of sp³-hybridized carbons (Fsp3) is 0.222. The molecule has 37 heavy (non-hydrogen) atoms. The quantitative estimate of drug-likeness (QED) is 0.469. The number of hydrogen-bond acceptors (Lipinski definition) is 6. The third kappa shape index (κ3) is 5.56. The molecule has 0 atom stereocenters. The van der Waals surface area contributed by atoms with Gasteiger partial charge in [0.15, 0.2) is 9.84 Å². The number of nitrogens with zero attached hydrogens (tertiary/aromatic N) is 2. The Morgan fingerprint density at radius 1 is 0.973 bits per heavy atom. The van der Waals surface area contributed by atoms with Gasteiger partial charge < -0.3 is 15.1 Å². The summed E-state index contributed by atoms with van der Waals surface area (Å²) in [7, 11) is -1.93. The summed E-state index contributed by atoms with van der Waals surface area (Å²) < 4.78 is 53.7. The summed E-state index contributed by atoms with van der Waals surface area (Å²) in [5, 5.41) is 2.74. The van der Waals surface area contributed by atoms with E-state index in [2.05, 4.69) is 22.2 Å². The van der Waals surface area contributed by atoms with E-state index in [4.69, 9.17) is 0 Å². The highest BCUT2D eigenvalue weighted by molar-refractivity contribution is 8.04. The Hall–Kier alpha value is -3.21. The molecule has 5 rings (SSSR count). The average molecular weight is 542 g/mol. The molecule has 0 unspecified atom stereocenters. The molecule has 0 spiro atoms. The Morgan fingerprint density at radius 3 is 2.32 bits per heavy atom. The highest BCUT2D eigenvalue weighted by Crippen LogP contribution is 2.40. The summed E-state index contributed by atoms with van der Waals surface area (Å²) in [6.07, 6.45) is 1.79. The minimum absolute atomic E-state index is 0.123. The Morgan fingerprint density at radius 2 is 1.65 bits per heavy atom. The molecule has 0 saturated carbocycles. The number of anilines is 2. The van der Waals surface area contributed by atoms with Gasteiger partial charge in [0.05, 0.1) is 21.2 Å². The van der Waals surface area contributed by atoms with Crippen LogP contribution in [0.1, 0.15) is 11.1 Å². The topological polar surface area (TPSA) is 69.7 Å². The number of carbonyl (C=O) groups is 1. The summed E-state index contributed by atoms with van der Waals surface area (Å²) >= 11 is 1.24. The van der Waals surface area contributed by atoms with E-state index in [0.29, 0.717) is 15.5 Å². The molecule has 0 bridgehead atoms. The van der Waals surface area contributed by atoms with Crippen LogP contribution in [0.25, 0.3) is 6.08 Å². The van der Waals surface area contributed by atoms with E-state index in [-0.39, 0.29) is 10.8 Å². The fourth-order valence-electron chi connectivity index (χ4n) is 4.27. The lowest BCUT2D eigenvalue weighted by Crippen LogP contribution is -2.44. The van der Waals surface area contributed by atoms with Crippen molar-refractivity contribution in [1.82, 2.24) is 4.90 Å². The molecule has 2 aliphatic heterocycles. The molecule has 6 nitrogen and oxygen atoms in total. The van der Waals surface area contributed by atoms with Crippen LogP contribution in [0.15, 0.2) is 75.4 Å². The second-order valence-corrected chi connectivity index (χ2v) is 12.1. The van der Waals surface area contributed by atoms with Gasteiger partial charge >= 0.3 is 0 Å². The maximum absolute atomic E-state index is 14.0. The lowest BCUT2D eigenvalue weighted by Gasteiger charge is -2.34. The van der Waals surface area contributed by atoms with Crippen molar-refractivity contribution in [3.05, 3.63) is 88.3 Å². The van der Waals surface area contributed by atoms with Gasteiger partial charge in [-0.05, 0) is 61.2 Å². The number of thioether (sulfide) groups is 1. The Balaban J connectivity index is 1.33. The lowest BCUT2D eigenvalue weighted by molar-refractivity contribution is -0.112. The van der Waals surface area contributed by atoms with Gasteiger partial charge in [-0.2, -0.15) is 0 Å². The van der Waals surface area contributed by atoms with E-state index in [1.807, 2.05) is 24.3 Å². The number of benzene rings is 3. The first-order chi connectivity index (χ1) is 17.7. The molecule has 2 heterocycles. The zero-order valence-corrected chi connectivity index (χ0v) is 21.7. The van der Waals surface area contributed by atoms with Gasteiger partial charge in [0.1, 0.15) is 11.6 Å². The number of likely N-dealkylation sites (N-methyl/N-ethyl adjacent to an activating group) is 1. The number of hydrogen-bond donors (Lipinski definition) is 1. The predicted molar refractivity (Wildman–Crippen MR) is 142 cm³/mol. The number of carbonyl (C=O) groups excluding carboxylic acids is 1. The van der Waals surface area contributed by atoms with Crippen LogP contribution in [-0.4, -0.2) is 52.5 Å². The Kier molecular flexibility index (Phi) is 7.06. The van der Waals surface area contributed by atoms with Gasteiger partial charge in [0.25, 0.3) is 5.91 Å². The molecule has 1 saturated heterocycles. The fourth-order valence-corrected chi connectivity index (χ4v) is 6.60. The van der Waals surface area contributed by atoms with Crippen molar-refractivity contribution in [2.24, 2.45) is 0 Å². The molecular weight excluding hydrogens is 516 g/mol. The number of rotatable bonds is 5. The normalized spacial score (nSPS) is 17.5. The van der Waals surface area contributed by atoms with Crippen LogP contribution < -0.4 is 10.2 Å². The highest BCUT2D eigenvalue weighted by Gasteiger charge is 2.26. The minimum atomic E-state index is -4.05. The minimum Gasteiger partial charge on any atom is -0.369 e. The third-order valence-electron chi connectivity index (χ3n) is 6.46. The molecule has 192 valence electrons. The molecule has 1 fully saturated rings. The van der Waals surface area contributed by atoms with E-state index in [9.17, 15) is 22.0 Å². The first-order valence-electron chi connectivity index (χ1n) is 11.7. The van der Waals surface area contributed by atoms with E-state index in [1.54, 1.807) is 12.1 Å². The molecule has 2 aliphatic rings. The van der Waals surface area contributed by atoms with Crippen LogP contribution in [0.5, 0.6) is 0 Å². The molecule has 0 radical (unpaired) electrons. The molecule has 3 aromatic carbocycles. The number of sulfone groups is 1. The molecule has 3 aromatic rings. The highest BCUT2D eigenvalue weighted by atomic mass is 32.2. The molecule has 1 amide bonds. The number of nitrogens with one attached hydrogen (secondary N) is 1. The van der Waals surface area contributed by atoms with E-state index >= 15 is 0 Å².